The zero-order chi connectivity index (χ0) is 23.6. The Balaban J connectivity index is 1.59. The molecule has 3 rings (SSSR count). The van der Waals surface area contributed by atoms with E-state index in [1.165, 1.54) is 16.7 Å². The minimum Gasteiger partial charge on any atom is -0.497 e. The smallest absolute Gasteiger partial charge is 0.266 e. The summed E-state index contributed by atoms with van der Waals surface area (Å²) in [6.07, 6.45) is 4.18. The van der Waals surface area contributed by atoms with E-state index in [0.29, 0.717) is 53.5 Å². The second-order valence-corrected chi connectivity index (χ2v) is 8.63. The molecule has 0 radical (unpaired) electrons. The third-order valence-electron chi connectivity index (χ3n) is 4.61. The number of nitrogens with zero attached hydrogens (tertiary/aromatic N) is 1. The molecule has 0 spiro atoms. The van der Waals surface area contributed by atoms with Crippen molar-refractivity contribution in [2.75, 3.05) is 33.5 Å². The molecule has 1 heterocycles. The lowest BCUT2D eigenvalue weighted by Gasteiger charge is -2.13. The zero-order valence-electron chi connectivity index (χ0n) is 18.7. The summed E-state index contributed by atoms with van der Waals surface area (Å²) >= 11 is 6.58. The minimum absolute atomic E-state index is 0.112. The number of ether oxygens (including phenoxy) is 4. The predicted octanol–water partition coefficient (Wildman–Crippen LogP) is 5.33. The summed E-state index contributed by atoms with van der Waals surface area (Å²) in [4.78, 5) is 14.7. The summed E-state index contributed by atoms with van der Waals surface area (Å²) in [6, 6.07) is 13.1. The lowest BCUT2D eigenvalue weighted by molar-refractivity contribution is -0.121. The van der Waals surface area contributed by atoms with Crippen LogP contribution in [0.4, 0.5) is 0 Å². The number of thioether (sulfide) groups is 1. The molecule has 0 unspecified atom stereocenters. The maximum atomic E-state index is 12.6. The van der Waals surface area contributed by atoms with Gasteiger partial charge in [0.1, 0.15) is 15.8 Å². The molecule has 33 heavy (non-hydrogen) atoms. The van der Waals surface area contributed by atoms with Crippen molar-refractivity contribution in [2.45, 2.75) is 13.3 Å². The van der Waals surface area contributed by atoms with Gasteiger partial charge in [-0.2, -0.15) is 0 Å². The van der Waals surface area contributed by atoms with Crippen LogP contribution in [0.2, 0.25) is 0 Å². The van der Waals surface area contributed by atoms with E-state index in [-0.39, 0.29) is 5.91 Å². The van der Waals surface area contributed by atoms with Gasteiger partial charge in [-0.25, -0.2) is 0 Å². The molecule has 0 saturated carbocycles. The number of thiocarbonyl (C=S) groups is 1. The Morgan fingerprint density at radius 1 is 1.06 bits per heavy atom. The molecule has 1 amide bonds. The molecule has 1 aliphatic rings. The predicted molar refractivity (Wildman–Crippen MR) is 136 cm³/mol. The fourth-order valence-electron chi connectivity index (χ4n) is 3.06. The van der Waals surface area contributed by atoms with Gasteiger partial charge in [-0.3, -0.25) is 9.69 Å². The number of hydrogen-bond acceptors (Lipinski definition) is 7. The van der Waals surface area contributed by atoms with Crippen LogP contribution in [0, 0.1) is 0 Å². The first-order chi connectivity index (χ1) is 16.0. The highest BCUT2D eigenvalue weighted by atomic mass is 32.2. The average Bonchev–Trinajstić information content (AvgIpc) is 3.08. The summed E-state index contributed by atoms with van der Waals surface area (Å²) in [5, 5.41) is 0. The van der Waals surface area contributed by atoms with E-state index in [2.05, 4.69) is 6.58 Å². The molecule has 1 aliphatic heterocycles. The van der Waals surface area contributed by atoms with E-state index in [9.17, 15) is 4.79 Å². The number of rotatable bonds is 12. The molecule has 0 atom stereocenters. The molecule has 8 heteroatoms. The van der Waals surface area contributed by atoms with Crippen LogP contribution in [0.5, 0.6) is 23.0 Å². The SMILES string of the molecule is C=CCN1C(=O)/C(=C\c2ccc(OCCCOc3cccc(OC)c3)c(OCC)c2)SC1=S. The molecule has 174 valence electrons. The van der Waals surface area contributed by atoms with E-state index in [4.69, 9.17) is 31.2 Å². The molecule has 0 aromatic heterocycles. The van der Waals surface area contributed by atoms with Gasteiger partial charge in [0.15, 0.2) is 11.5 Å². The Morgan fingerprint density at radius 3 is 2.61 bits per heavy atom. The normalized spacial score (nSPS) is 14.5. The lowest BCUT2D eigenvalue weighted by atomic mass is 10.2. The Labute approximate surface area is 204 Å². The first-order valence-electron chi connectivity index (χ1n) is 10.6. The third kappa shape index (κ3) is 6.76. The molecule has 0 bridgehead atoms. The third-order valence-corrected chi connectivity index (χ3v) is 5.98. The summed E-state index contributed by atoms with van der Waals surface area (Å²) in [5.74, 6) is 2.68. The van der Waals surface area contributed by atoms with Gasteiger partial charge < -0.3 is 18.9 Å². The van der Waals surface area contributed by atoms with Gasteiger partial charge in [-0.15, -0.1) is 6.58 Å². The minimum atomic E-state index is -0.112. The molecule has 1 saturated heterocycles. The number of carbonyl (C=O) groups is 1. The molecular formula is C25H27NO5S2. The number of methoxy groups -OCH3 is 1. The molecular weight excluding hydrogens is 458 g/mol. The monoisotopic (exact) mass is 485 g/mol. The first-order valence-corrected chi connectivity index (χ1v) is 11.8. The number of amides is 1. The molecule has 1 fully saturated rings. The Kier molecular flexibility index (Phi) is 9.21. The van der Waals surface area contributed by atoms with Crippen molar-refractivity contribution >= 4 is 40.3 Å². The van der Waals surface area contributed by atoms with Crippen molar-refractivity contribution in [3.05, 3.63) is 65.6 Å². The van der Waals surface area contributed by atoms with E-state index < -0.39 is 0 Å². The topological polar surface area (TPSA) is 57.2 Å². The van der Waals surface area contributed by atoms with Crippen LogP contribution < -0.4 is 18.9 Å². The van der Waals surface area contributed by atoms with Gasteiger partial charge in [0.05, 0.1) is 31.8 Å². The average molecular weight is 486 g/mol. The number of carbonyl (C=O) groups excluding carboxylic acids is 1. The van der Waals surface area contributed by atoms with E-state index in [0.717, 1.165) is 17.1 Å². The van der Waals surface area contributed by atoms with E-state index >= 15 is 0 Å². The maximum Gasteiger partial charge on any atom is 0.266 e. The van der Waals surface area contributed by atoms with Gasteiger partial charge in [0.25, 0.3) is 5.91 Å². The molecule has 2 aromatic carbocycles. The van der Waals surface area contributed by atoms with Crippen molar-refractivity contribution in [3.63, 3.8) is 0 Å². The molecule has 0 aliphatic carbocycles. The van der Waals surface area contributed by atoms with Crippen molar-refractivity contribution < 1.29 is 23.7 Å². The Bertz CT molecular complexity index is 1040. The second-order valence-electron chi connectivity index (χ2n) is 6.95. The quantitative estimate of drug-likeness (QED) is 0.174. The van der Waals surface area contributed by atoms with Crippen LogP contribution >= 0.6 is 24.0 Å². The van der Waals surface area contributed by atoms with Crippen LogP contribution in [0.1, 0.15) is 18.9 Å². The first kappa shape index (κ1) is 24.7. The largest absolute Gasteiger partial charge is 0.497 e. The molecule has 0 N–H and O–H groups in total. The summed E-state index contributed by atoms with van der Waals surface area (Å²) in [5.41, 5.74) is 0.839. The van der Waals surface area contributed by atoms with Crippen molar-refractivity contribution in [2.24, 2.45) is 0 Å². The maximum absolute atomic E-state index is 12.6. The van der Waals surface area contributed by atoms with Crippen molar-refractivity contribution in [3.8, 4) is 23.0 Å². The van der Waals surface area contributed by atoms with Crippen LogP contribution in [0.25, 0.3) is 6.08 Å². The van der Waals surface area contributed by atoms with Crippen molar-refractivity contribution in [1.29, 1.82) is 0 Å². The van der Waals surface area contributed by atoms with Crippen LogP contribution in [-0.4, -0.2) is 48.6 Å². The summed E-state index contributed by atoms with van der Waals surface area (Å²) in [7, 11) is 1.63. The second kappa shape index (κ2) is 12.3. The number of benzene rings is 2. The van der Waals surface area contributed by atoms with Gasteiger partial charge in [0, 0.05) is 19.0 Å². The standard InChI is InChI=1S/C25H27NO5S2/c1-4-12-26-24(27)23(33-25(26)32)16-18-10-11-21(22(15-18)29-5-2)31-14-7-13-30-20-9-6-8-19(17-20)28-3/h4,6,8-11,15-17H,1,5,7,12-14H2,2-3H3/b23-16+. The molecule has 6 nitrogen and oxygen atoms in total. The van der Waals surface area contributed by atoms with Gasteiger partial charge in [0.2, 0.25) is 0 Å². The van der Waals surface area contributed by atoms with Crippen LogP contribution in [0.3, 0.4) is 0 Å². The highest BCUT2D eigenvalue weighted by molar-refractivity contribution is 8.26. The summed E-state index contributed by atoms with van der Waals surface area (Å²) in [6.45, 7) is 7.49. The fraction of sp³-hybridized carbons (Fsp3) is 0.280. The zero-order valence-corrected chi connectivity index (χ0v) is 20.4. The lowest BCUT2D eigenvalue weighted by Crippen LogP contribution is -2.27. The summed E-state index contributed by atoms with van der Waals surface area (Å²) < 4.78 is 23.2. The van der Waals surface area contributed by atoms with Gasteiger partial charge >= 0.3 is 0 Å². The Morgan fingerprint density at radius 2 is 1.85 bits per heavy atom. The van der Waals surface area contributed by atoms with Gasteiger partial charge in [-0.05, 0) is 42.8 Å². The van der Waals surface area contributed by atoms with Crippen molar-refractivity contribution in [1.82, 2.24) is 4.90 Å². The molecule has 2 aromatic rings. The fourth-order valence-corrected chi connectivity index (χ4v) is 4.34. The van der Waals surface area contributed by atoms with E-state index in [1.807, 2.05) is 55.5 Å². The highest BCUT2D eigenvalue weighted by Crippen LogP contribution is 2.35. The highest BCUT2D eigenvalue weighted by Gasteiger charge is 2.31. The van der Waals surface area contributed by atoms with E-state index in [1.54, 1.807) is 13.2 Å². The van der Waals surface area contributed by atoms with Gasteiger partial charge in [-0.1, -0.05) is 42.2 Å². The Hall–Kier alpha value is -2.97. The van der Waals surface area contributed by atoms with Crippen LogP contribution in [-0.2, 0) is 4.79 Å². The van der Waals surface area contributed by atoms with Crippen LogP contribution in [0.15, 0.2) is 60.0 Å². The number of hydrogen-bond donors (Lipinski definition) is 0.